The standard InChI is InChI=1S/C18H15BrN2O2S/c1-11-2-4-12(5-3-11)10-23-15-7-6-13(8-14(15)19)9-16-17(22)21-18(20)24-16/h2-9H,10H2,1H3,(H2,20,21,22). The molecule has 0 unspecified atom stereocenters. The SMILES string of the molecule is Cc1ccc(COc2ccc(C=C3SC(=N)NC3=O)cc2Br)cc1. The molecule has 3 rings (SSSR count). The first-order chi connectivity index (χ1) is 11.5. The molecule has 2 aromatic carbocycles. The van der Waals surface area contributed by atoms with Crippen molar-refractivity contribution in [3.05, 3.63) is 68.5 Å². The molecule has 2 aromatic rings. The highest BCUT2D eigenvalue weighted by atomic mass is 79.9. The zero-order valence-corrected chi connectivity index (χ0v) is 15.3. The maximum atomic E-state index is 11.6. The minimum absolute atomic E-state index is 0.156. The number of carbonyl (C=O) groups is 1. The second-order valence-electron chi connectivity index (χ2n) is 5.36. The van der Waals surface area contributed by atoms with Crippen LogP contribution in [0.2, 0.25) is 0 Å². The summed E-state index contributed by atoms with van der Waals surface area (Å²) in [7, 11) is 0. The third-order valence-corrected chi connectivity index (χ3v) is 4.88. The topological polar surface area (TPSA) is 62.2 Å². The Balaban J connectivity index is 1.70. The molecule has 122 valence electrons. The van der Waals surface area contributed by atoms with Gasteiger partial charge in [-0.05, 0) is 64.0 Å². The van der Waals surface area contributed by atoms with Gasteiger partial charge in [0.15, 0.2) is 5.17 Å². The smallest absolute Gasteiger partial charge is 0.264 e. The molecule has 1 aliphatic heterocycles. The molecule has 24 heavy (non-hydrogen) atoms. The molecule has 0 atom stereocenters. The van der Waals surface area contributed by atoms with Gasteiger partial charge in [0, 0.05) is 0 Å². The Bertz CT molecular complexity index is 831. The van der Waals surface area contributed by atoms with Crippen LogP contribution in [0.5, 0.6) is 5.75 Å². The Labute approximate surface area is 152 Å². The lowest BCUT2D eigenvalue weighted by molar-refractivity contribution is -0.115. The molecule has 1 heterocycles. The first kappa shape index (κ1) is 16.8. The van der Waals surface area contributed by atoms with Gasteiger partial charge in [-0.1, -0.05) is 35.9 Å². The summed E-state index contributed by atoms with van der Waals surface area (Å²) in [6, 6.07) is 13.9. The fourth-order valence-corrected chi connectivity index (χ4v) is 3.38. The van der Waals surface area contributed by atoms with Crippen molar-refractivity contribution >= 4 is 44.8 Å². The Kier molecular flexibility index (Phi) is 5.06. The van der Waals surface area contributed by atoms with Crippen LogP contribution in [-0.2, 0) is 11.4 Å². The van der Waals surface area contributed by atoms with Crippen LogP contribution in [0.1, 0.15) is 16.7 Å². The largest absolute Gasteiger partial charge is 0.488 e. The average Bonchev–Trinajstić information content (AvgIpc) is 2.86. The first-order valence-electron chi connectivity index (χ1n) is 7.28. The van der Waals surface area contributed by atoms with Crippen molar-refractivity contribution in [1.82, 2.24) is 5.32 Å². The molecule has 6 heteroatoms. The van der Waals surface area contributed by atoms with Gasteiger partial charge < -0.3 is 10.1 Å². The fourth-order valence-electron chi connectivity index (χ4n) is 2.16. The normalized spacial score (nSPS) is 15.7. The van der Waals surface area contributed by atoms with Crippen molar-refractivity contribution < 1.29 is 9.53 Å². The van der Waals surface area contributed by atoms with Crippen molar-refractivity contribution in [2.24, 2.45) is 0 Å². The van der Waals surface area contributed by atoms with E-state index in [1.54, 1.807) is 6.08 Å². The van der Waals surface area contributed by atoms with E-state index in [-0.39, 0.29) is 11.1 Å². The van der Waals surface area contributed by atoms with Crippen LogP contribution in [0, 0.1) is 12.3 Å². The number of halogens is 1. The van der Waals surface area contributed by atoms with E-state index in [4.69, 9.17) is 10.1 Å². The number of amidine groups is 1. The van der Waals surface area contributed by atoms with E-state index in [9.17, 15) is 4.79 Å². The van der Waals surface area contributed by atoms with Gasteiger partial charge >= 0.3 is 0 Å². The van der Waals surface area contributed by atoms with Crippen LogP contribution in [0.3, 0.4) is 0 Å². The van der Waals surface area contributed by atoms with Crippen LogP contribution in [-0.4, -0.2) is 11.1 Å². The van der Waals surface area contributed by atoms with Crippen LogP contribution in [0.25, 0.3) is 6.08 Å². The van der Waals surface area contributed by atoms with Crippen molar-refractivity contribution in [3.8, 4) is 5.75 Å². The monoisotopic (exact) mass is 402 g/mol. The minimum atomic E-state index is -0.235. The Hall–Kier alpha value is -2.05. The second kappa shape index (κ2) is 7.23. The molecule has 0 spiro atoms. The summed E-state index contributed by atoms with van der Waals surface area (Å²) in [5.41, 5.74) is 3.20. The lowest BCUT2D eigenvalue weighted by Gasteiger charge is -2.09. The average molecular weight is 403 g/mol. The van der Waals surface area contributed by atoms with Crippen molar-refractivity contribution in [2.45, 2.75) is 13.5 Å². The van der Waals surface area contributed by atoms with Crippen molar-refractivity contribution in [1.29, 1.82) is 5.41 Å². The van der Waals surface area contributed by atoms with E-state index in [1.165, 1.54) is 5.56 Å². The third-order valence-electron chi connectivity index (χ3n) is 3.43. The highest BCUT2D eigenvalue weighted by molar-refractivity contribution is 9.10. The summed E-state index contributed by atoms with van der Waals surface area (Å²) >= 11 is 4.63. The molecule has 1 amide bonds. The van der Waals surface area contributed by atoms with Crippen LogP contribution in [0.4, 0.5) is 0 Å². The summed E-state index contributed by atoms with van der Waals surface area (Å²) < 4.78 is 6.66. The lowest BCUT2D eigenvalue weighted by atomic mass is 10.1. The quantitative estimate of drug-likeness (QED) is 0.741. The summed E-state index contributed by atoms with van der Waals surface area (Å²) in [6.45, 7) is 2.55. The molecule has 0 saturated carbocycles. The number of nitrogens with one attached hydrogen (secondary N) is 2. The number of benzene rings is 2. The van der Waals surface area contributed by atoms with Crippen molar-refractivity contribution in [2.75, 3.05) is 0 Å². The van der Waals surface area contributed by atoms with Crippen LogP contribution >= 0.6 is 27.7 Å². The number of hydrogen-bond donors (Lipinski definition) is 2. The number of hydrogen-bond acceptors (Lipinski definition) is 4. The highest BCUT2D eigenvalue weighted by Crippen LogP contribution is 2.30. The number of rotatable bonds is 4. The van der Waals surface area contributed by atoms with E-state index in [0.717, 1.165) is 33.1 Å². The highest BCUT2D eigenvalue weighted by Gasteiger charge is 2.22. The lowest BCUT2D eigenvalue weighted by Crippen LogP contribution is -2.18. The van der Waals surface area contributed by atoms with E-state index in [2.05, 4.69) is 40.3 Å². The van der Waals surface area contributed by atoms with E-state index >= 15 is 0 Å². The molecule has 0 aliphatic carbocycles. The summed E-state index contributed by atoms with van der Waals surface area (Å²) in [5, 5.41) is 10.1. The van der Waals surface area contributed by atoms with E-state index in [0.29, 0.717) is 11.5 Å². The number of carbonyl (C=O) groups excluding carboxylic acids is 1. The van der Waals surface area contributed by atoms with E-state index < -0.39 is 0 Å². The predicted molar refractivity (Wildman–Crippen MR) is 101 cm³/mol. The van der Waals surface area contributed by atoms with Crippen LogP contribution < -0.4 is 10.1 Å². The molecule has 1 saturated heterocycles. The maximum absolute atomic E-state index is 11.6. The third kappa shape index (κ3) is 4.07. The summed E-state index contributed by atoms with van der Waals surface area (Å²) in [5.74, 6) is 0.509. The van der Waals surface area contributed by atoms with Crippen molar-refractivity contribution in [3.63, 3.8) is 0 Å². The number of ether oxygens (including phenoxy) is 1. The first-order valence-corrected chi connectivity index (χ1v) is 8.89. The van der Waals surface area contributed by atoms with E-state index in [1.807, 2.05) is 30.3 Å². The number of amides is 1. The van der Waals surface area contributed by atoms with Crippen LogP contribution in [0.15, 0.2) is 51.8 Å². The van der Waals surface area contributed by atoms with Gasteiger partial charge in [-0.2, -0.15) is 0 Å². The molecule has 1 aliphatic rings. The molecule has 1 fully saturated rings. The van der Waals surface area contributed by atoms with Gasteiger partial charge in [0.25, 0.3) is 5.91 Å². The van der Waals surface area contributed by atoms with Gasteiger partial charge in [-0.15, -0.1) is 0 Å². The van der Waals surface area contributed by atoms with Gasteiger partial charge in [0.05, 0.1) is 9.38 Å². The van der Waals surface area contributed by atoms with Gasteiger partial charge in [-0.3, -0.25) is 10.2 Å². The minimum Gasteiger partial charge on any atom is -0.488 e. The fraction of sp³-hybridized carbons (Fsp3) is 0.111. The Morgan fingerprint density at radius 3 is 2.62 bits per heavy atom. The summed E-state index contributed by atoms with van der Waals surface area (Å²) in [6.07, 6.45) is 1.76. The Morgan fingerprint density at radius 1 is 1.25 bits per heavy atom. The maximum Gasteiger partial charge on any atom is 0.264 e. The molecule has 0 radical (unpaired) electrons. The predicted octanol–water partition coefficient (Wildman–Crippen LogP) is 4.48. The van der Waals surface area contributed by atoms with Gasteiger partial charge in [0.2, 0.25) is 0 Å². The molecule has 0 aromatic heterocycles. The summed E-state index contributed by atoms with van der Waals surface area (Å²) in [4.78, 5) is 12.2. The zero-order valence-electron chi connectivity index (χ0n) is 12.9. The molecule has 0 bridgehead atoms. The molecular formula is C18H15BrN2O2S. The number of thioether (sulfide) groups is 1. The number of aryl methyl sites for hydroxylation is 1. The van der Waals surface area contributed by atoms with Gasteiger partial charge in [0.1, 0.15) is 12.4 Å². The molecule has 4 nitrogen and oxygen atoms in total. The second-order valence-corrected chi connectivity index (χ2v) is 7.26. The zero-order chi connectivity index (χ0) is 17.1. The molecule has 2 N–H and O–H groups in total. The molecular weight excluding hydrogens is 388 g/mol. The Morgan fingerprint density at radius 2 is 2.00 bits per heavy atom. The van der Waals surface area contributed by atoms with Gasteiger partial charge in [-0.25, -0.2) is 0 Å².